The molecule has 0 aromatic carbocycles. The Morgan fingerprint density at radius 3 is 1.17 bits per heavy atom. The van der Waals surface area contributed by atoms with Crippen molar-refractivity contribution in [3.8, 4) is 0 Å². The number of allylic oxidation sites excluding steroid dienone is 4. The molecule has 0 N–H and O–H groups in total. The van der Waals surface area contributed by atoms with Crippen LogP contribution in [0.3, 0.4) is 0 Å². The fourth-order valence-electron chi connectivity index (χ4n) is 1.31. The maximum absolute atomic E-state index is 11.7. The van der Waals surface area contributed by atoms with Crippen molar-refractivity contribution in [1.29, 1.82) is 0 Å². The predicted molar refractivity (Wildman–Crippen MR) is 58.1 cm³/mol. The standard InChI is InChI=1S/C12H16F6/c13-11(14,15)9-7-5-3-1-2-4-6-8-10-12(16,17)18/h7-10H,1-6H2/b9-7-,10-8-. The molecule has 0 fully saturated rings. The van der Waals surface area contributed by atoms with Crippen LogP contribution in [0.4, 0.5) is 26.3 Å². The third-order valence-corrected chi connectivity index (χ3v) is 2.11. The molecular formula is C12H16F6. The summed E-state index contributed by atoms with van der Waals surface area (Å²) in [6, 6.07) is 0. The van der Waals surface area contributed by atoms with Crippen molar-refractivity contribution in [2.45, 2.75) is 50.9 Å². The first-order valence-electron chi connectivity index (χ1n) is 5.69. The molecule has 0 aromatic rings. The van der Waals surface area contributed by atoms with Gasteiger partial charge < -0.3 is 0 Å². The smallest absolute Gasteiger partial charge is 0.167 e. The minimum absolute atomic E-state index is 0.207. The van der Waals surface area contributed by atoms with E-state index in [0.717, 1.165) is 25.0 Å². The predicted octanol–water partition coefficient (Wildman–Crippen LogP) is 5.56. The van der Waals surface area contributed by atoms with E-state index in [1.54, 1.807) is 0 Å². The molecule has 0 unspecified atom stereocenters. The Kier molecular flexibility index (Phi) is 7.78. The molecule has 0 rings (SSSR count). The molecule has 0 aliphatic rings. The van der Waals surface area contributed by atoms with Crippen molar-refractivity contribution in [3.63, 3.8) is 0 Å². The van der Waals surface area contributed by atoms with Gasteiger partial charge in [-0.05, 0) is 25.7 Å². The van der Waals surface area contributed by atoms with E-state index in [-0.39, 0.29) is 12.2 Å². The van der Waals surface area contributed by atoms with E-state index in [0.29, 0.717) is 25.7 Å². The van der Waals surface area contributed by atoms with Crippen LogP contribution in [0.2, 0.25) is 0 Å². The Balaban J connectivity index is 3.37. The maximum atomic E-state index is 11.7. The van der Waals surface area contributed by atoms with Gasteiger partial charge in [0.05, 0.1) is 0 Å². The van der Waals surface area contributed by atoms with Crippen LogP contribution in [-0.4, -0.2) is 12.4 Å². The van der Waals surface area contributed by atoms with Gasteiger partial charge in [-0.1, -0.05) is 25.0 Å². The number of alkyl halides is 6. The number of halogens is 6. The van der Waals surface area contributed by atoms with Gasteiger partial charge in [0.15, 0.2) is 0 Å². The Morgan fingerprint density at radius 2 is 0.889 bits per heavy atom. The van der Waals surface area contributed by atoms with Gasteiger partial charge in [0, 0.05) is 12.2 Å². The van der Waals surface area contributed by atoms with Crippen molar-refractivity contribution in [1.82, 2.24) is 0 Å². The second-order valence-corrected chi connectivity index (χ2v) is 3.88. The number of hydrogen-bond donors (Lipinski definition) is 0. The summed E-state index contributed by atoms with van der Waals surface area (Å²) in [4.78, 5) is 0. The fraction of sp³-hybridized carbons (Fsp3) is 0.667. The summed E-state index contributed by atoms with van der Waals surface area (Å²) >= 11 is 0. The molecule has 18 heavy (non-hydrogen) atoms. The molecule has 106 valence electrons. The van der Waals surface area contributed by atoms with Crippen LogP contribution in [0, 0.1) is 0 Å². The molecule has 0 saturated heterocycles. The van der Waals surface area contributed by atoms with Crippen molar-refractivity contribution in [3.05, 3.63) is 24.3 Å². The molecule has 0 nitrogen and oxygen atoms in total. The highest BCUT2D eigenvalue weighted by atomic mass is 19.4. The van der Waals surface area contributed by atoms with Crippen LogP contribution >= 0.6 is 0 Å². The Morgan fingerprint density at radius 1 is 0.556 bits per heavy atom. The summed E-state index contributed by atoms with van der Waals surface area (Å²) in [7, 11) is 0. The van der Waals surface area contributed by atoms with Crippen LogP contribution in [0.15, 0.2) is 24.3 Å². The molecule has 0 aliphatic carbocycles. The quantitative estimate of drug-likeness (QED) is 0.324. The molecule has 0 heterocycles. The third kappa shape index (κ3) is 15.1. The lowest BCUT2D eigenvalue weighted by Crippen LogP contribution is -2.00. The lowest BCUT2D eigenvalue weighted by molar-refractivity contribution is -0.0810. The average molecular weight is 274 g/mol. The second kappa shape index (κ2) is 8.21. The van der Waals surface area contributed by atoms with Crippen LogP contribution in [0.1, 0.15) is 38.5 Å². The van der Waals surface area contributed by atoms with Gasteiger partial charge in [-0.25, -0.2) is 0 Å². The monoisotopic (exact) mass is 274 g/mol. The van der Waals surface area contributed by atoms with E-state index in [9.17, 15) is 26.3 Å². The van der Waals surface area contributed by atoms with Crippen molar-refractivity contribution >= 4 is 0 Å². The maximum Gasteiger partial charge on any atom is 0.409 e. The van der Waals surface area contributed by atoms with Crippen molar-refractivity contribution in [2.24, 2.45) is 0 Å². The lowest BCUT2D eigenvalue weighted by atomic mass is 10.1. The second-order valence-electron chi connectivity index (χ2n) is 3.88. The van der Waals surface area contributed by atoms with Crippen LogP contribution in [-0.2, 0) is 0 Å². The van der Waals surface area contributed by atoms with Gasteiger partial charge in [-0.2, -0.15) is 26.3 Å². The van der Waals surface area contributed by atoms with Crippen LogP contribution in [0.25, 0.3) is 0 Å². The number of unbranched alkanes of at least 4 members (excludes halogenated alkanes) is 5. The summed E-state index contributed by atoms with van der Waals surface area (Å²) < 4.78 is 70.1. The summed E-state index contributed by atoms with van der Waals surface area (Å²) in [5, 5.41) is 0. The highest BCUT2D eigenvalue weighted by molar-refractivity contribution is 4.89. The first-order chi connectivity index (χ1) is 8.21. The largest absolute Gasteiger partial charge is 0.409 e. The van der Waals surface area contributed by atoms with E-state index < -0.39 is 12.4 Å². The molecule has 0 radical (unpaired) electrons. The zero-order chi connectivity index (χ0) is 14.1. The summed E-state index contributed by atoms with van der Waals surface area (Å²) in [5.74, 6) is 0. The van der Waals surface area contributed by atoms with E-state index in [1.165, 1.54) is 0 Å². The summed E-state index contributed by atoms with van der Waals surface area (Å²) in [6.07, 6.45) is -2.58. The van der Waals surface area contributed by atoms with Gasteiger partial charge in [-0.3, -0.25) is 0 Å². The molecule has 6 heteroatoms. The lowest BCUT2D eigenvalue weighted by Gasteiger charge is -1.99. The molecular weight excluding hydrogens is 258 g/mol. The summed E-state index contributed by atoms with van der Waals surface area (Å²) in [6.45, 7) is 0. The molecule has 0 amide bonds. The SMILES string of the molecule is FC(F)(F)/C=C\CCCCCC/C=C\C(F)(F)F. The minimum Gasteiger partial charge on any atom is -0.167 e. The zero-order valence-electron chi connectivity index (χ0n) is 9.82. The number of rotatable bonds is 7. The first-order valence-corrected chi connectivity index (χ1v) is 5.69. The van der Waals surface area contributed by atoms with Crippen LogP contribution in [0.5, 0.6) is 0 Å². The molecule has 0 saturated carbocycles. The van der Waals surface area contributed by atoms with Gasteiger partial charge in [0.2, 0.25) is 0 Å². The molecule has 0 aromatic heterocycles. The van der Waals surface area contributed by atoms with Crippen molar-refractivity contribution < 1.29 is 26.3 Å². The van der Waals surface area contributed by atoms with E-state index in [1.807, 2.05) is 0 Å². The zero-order valence-corrected chi connectivity index (χ0v) is 9.82. The van der Waals surface area contributed by atoms with Gasteiger partial charge >= 0.3 is 12.4 Å². The molecule has 0 bridgehead atoms. The highest BCUT2D eigenvalue weighted by Gasteiger charge is 2.21. The minimum atomic E-state index is -4.26. The van der Waals surface area contributed by atoms with Gasteiger partial charge in [0.25, 0.3) is 0 Å². The van der Waals surface area contributed by atoms with Gasteiger partial charge in [0.1, 0.15) is 0 Å². The Bertz CT molecular complexity index is 231. The van der Waals surface area contributed by atoms with Crippen molar-refractivity contribution in [2.75, 3.05) is 0 Å². The molecule has 0 spiro atoms. The highest BCUT2D eigenvalue weighted by Crippen LogP contribution is 2.18. The summed E-state index contributed by atoms with van der Waals surface area (Å²) in [5.41, 5.74) is 0. The molecule has 0 atom stereocenters. The Hall–Kier alpha value is -0.940. The first kappa shape index (κ1) is 17.1. The van der Waals surface area contributed by atoms with E-state index in [2.05, 4.69) is 0 Å². The normalized spacial score (nSPS) is 13.9. The fourth-order valence-corrected chi connectivity index (χ4v) is 1.31. The average Bonchev–Trinajstić information content (AvgIpc) is 2.17. The van der Waals surface area contributed by atoms with E-state index in [4.69, 9.17) is 0 Å². The Labute approximate surface area is 102 Å². The molecule has 0 aliphatic heterocycles. The third-order valence-electron chi connectivity index (χ3n) is 2.11. The number of hydrogen-bond acceptors (Lipinski definition) is 0. The van der Waals surface area contributed by atoms with Gasteiger partial charge in [-0.15, -0.1) is 0 Å². The van der Waals surface area contributed by atoms with E-state index >= 15 is 0 Å². The topological polar surface area (TPSA) is 0 Å². The van der Waals surface area contributed by atoms with Crippen LogP contribution < -0.4 is 0 Å².